The van der Waals surface area contributed by atoms with E-state index >= 15 is 0 Å². The van der Waals surface area contributed by atoms with Gasteiger partial charge in [0.25, 0.3) is 0 Å². The molecule has 2 atom stereocenters. The number of carbonyl (C=O) groups excluding carboxylic acids is 1. The Hall–Kier alpha value is -0.770. The van der Waals surface area contributed by atoms with Gasteiger partial charge in [0.15, 0.2) is 0 Å². The molecular formula is C10H18N2O2. The fourth-order valence-electron chi connectivity index (χ4n) is 2.27. The van der Waals surface area contributed by atoms with E-state index in [1.54, 1.807) is 0 Å². The zero-order valence-corrected chi connectivity index (χ0v) is 8.82. The molecule has 2 unspecified atom stereocenters. The van der Waals surface area contributed by atoms with Crippen molar-refractivity contribution in [2.24, 2.45) is 5.92 Å². The molecule has 0 aliphatic carbocycles. The molecule has 80 valence electrons. The highest BCUT2D eigenvalue weighted by atomic mass is 16.6. The molecule has 0 spiro atoms. The van der Waals surface area contributed by atoms with E-state index in [2.05, 4.69) is 5.32 Å². The topological polar surface area (TPSA) is 41.6 Å². The van der Waals surface area contributed by atoms with Gasteiger partial charge in [0.2, 0.25) is 0 Å². The summed E-state index contributed by atoms with van der Waals surface area (Å²) in [6, 6.07) is 0.509. The molecule has 1 N–H and O–H groups in total. The normalized spacial score (nSPS) is 30.9. The highest BCUT2D eigenvalue weighted by molar-refractivity contribution is 5.68. The second-order valence-electron chi connectivity index (χ2n) is 4.45. The van der Waals surface area contributed by atoms with E-state index in [4.69, 9.17) is 4.74 Å². The predicted octanol–water partition coefficient (Wildman–Crippen LogP) is 0.825. The Kier molecular flexibility index (Phi) is 2.63. The molecule has 0 radical (unpaired) electrons. The van der Waals surface area contributed by atoms with Crippen LogP contribution in [0.2, 0.25) is 0 Å². The van der Waals surface area contributed by atoms with Crippen molar-refractivity contribution in [3.05, 3.63) is 0 Å². The Morgan fingerprint density at radius 3 is 2.93 bits per heavy atom. The lowest BCUT2D eigenvalue weighted by Gasteiger charge is -2.18. The first-order valence-corrected chi connectivity index (χ1v) is 5.36. The number of rotatable bonds is 1. The van der Waals surface area contributed by atoms with Gasteiger partial charge in [-0.05, 0) is 32.7 Å². The van der Waals surface area contributed by atoms with E-state index in [-0.39, 0.29) is 12.2 Å². The highest BCUT2D eigenvalue weighted by Gasteiger charge is 2.38. The number of amides is 1. The molecular weight excluding hydrogens is 180 g/mol. The number of nitrogens with one attached hydrogen (secondary N) is 1. The number of hydrogen-bond acceptors (Lipinski definition) is 3. The van der Waals surface area contributed by atoms with Gasteiger partial charge >= 0.3 is 6.09 Å². The first-order chi connectivity index (χ1) is 6.66. The lowest BCUT2D eigenvalue weighted by atomic mass is 10.1. The molecule has 2 aliphatic heterocycles. The smallest absolute Gasteiger partial charge is 0.410 e. The molecule has 2 rings (SSSR count). The van der Waals surface area contributed by atoms with Crippen molar-refractivity contribution in [2.75, 3.05) is 19.6 Å². The summed E-state index contributed by atoms with van der Waals surface area (Å²) in [7, 11) is 0. The Morgan fingerprint density at radius 2 is 2.29 bits per heavy atom. The lowest BCUT2D eigenvalue weighted by Crippen LogP contribution is -2.35. The van der Waals surface area contributed by atoms with Crippen LogP contribution in [-0.2, 0) is 4.74 Å². The molecule has 0 aromatic heterocycles. The van der Waals surface area contributed by atoms with Crippen molar-refractivity contribution in [3.8, 4) is 0 Å². The van der Waals surface area contributed by atoms with Crippen molar-refractivity contribution in [3.63, 3.8) is 0 Å². The molecule has 2 fully saturated rings. The monoisotopic (exact) mass is 198 g/mol. The minimum absolute atomic E-state index is 0.0177. The van der Waals surface area contributed by atoms with Gasteiger partial charge in [0.05, 0.1) is 6.10 Å². The fourth-order valence-corrected chi connectivity index (χ4v) is 2.27. The number of fused-ring (bicyclic) bond motifs is 1. The third kappa shape index (κ3) is 1.85. The second-order valence-corrected chi connectivity index (χ2v) is 4.45. The first kappa shape index (κ1) is 9.77. The molecule has 0 aromatic carbocycles. The van der Waals surface area contributed by atoms with Gasteiger partial charge in [-0.1, -0.05) is 0 Å². The number of likely N-dealkylation sites (tertiary alicyclic amines) is 1. The summed E-state index contributed by atoms with van der Waals surface area (Å²) < 4.78 is 5.16. The van der Waals surface area contributed by atoms with E-state index in [9.17, 15) is 4.79 Å². The van der Waals surface area contributed by atoms with Crippen molar-refractivity contribution < 1.29 is 9.53 Å². The van der Waals surface area contributed by atoms with Crippen LogP contribution in [-0.4, -0.2) is 42.8 Å². The molecule has 2 heterocycles. The Bertz CT molecular complexity index is 218. The number of carbonyl (C=O) groups is 1. The summed E-state index contributed by atoms with van der Waals surface area (Å²) in [4.78, 5) is 13.4. The molecule has 0 bridgehead atoms. The van der Waals surface area contributed by atoms with Gasteiger partial charge in [-0.3, -0.25) is 0 Å². The van der Waals surface area contributed by atoms with Crippen molar-refractivity contribution in [1.29, 1.82) is 0 Å². The van der Waals surface area contributed by atoms with Gasteiger partial charge < -0.3 is 15.0 Å². The van der Waals surface area contributed by atoms with Gasteiger partial charge in [0, 0.05) is 19.1 Å². The van der Waals surface area contributed by atoms with Crippen LogP contribution in [0, 0.1) is 5.92 Å². The van der Waals surface area contributed by atoms with Crippen LogP contribution in [0.5, 0.6) is 0 Å². The fraction of sp³-hybridized carbons (Fsp3) is 0.900. The van der Waals surface area contributed by atoms with Crippen molar-refractivity contribution in [1.82, 2.24) is 10.2 Å². The van der Waals surface area contributed by atoms with Crippen LogP contribution in [0.25, 0.3) is 0 Å². The summed E-state index contributed by atoms with van der Waals surface area (Å²) in [5, 5.41) is 3.41. The summed E-state index contributed by atoms with van der Waals surface area (Å²) in [5.74, 6) is 0.648. The first-order valence-electron chi connectivity index (χ1n) is 5.36. The number of ether oxygens (including phenoxy) is 1. The third-order valence-corrected chi connectivity index (χ3v) is 2.96. The van der Waals surface area contributed by atoms with Gasteiger partial charge in [-0.25, -0.2) is 4.79 Å². The average Bonchev–Trinajstić information content (AvgIpc) is 2.58. The molecule has 4 heteroatoms. The molecule has 2 saturated heterocycles. The Morgan fingerprint density at radius 1 is 1.50 bits per heavy atom. The summed E-state index contributed by atoms with van der Waals surface area (Å²) in [6.45, 7) is 6.54. The third-order valence-electron chi connectivity index (χ3n) is 2.96. The number of hydrogen-bond donors (Lipinski definition) is 1. The van der Waals surface area contributed by atoms with Gasteiger partial charge in [-0.15, -0.1) is 0 Å². The standard InChI is InChI=1S/C10H18N2O2/c1-7(2)14-10(13)12-5-8-3-4-11-9(8)6-12/h7-9,11H,3-6H2,1-2H3. The highest BCUT2D eigenvalue weighted by Crippen LogP contribution is 2.24. The van der Waals surface area contributed by atoms with Crippen LogP contribution >= 0.6 is 0 Å². The maximum absolute atomic E-state index is 11.6. The van der Waals surface area contributed by atoms with Crippen molar-refractivity contribution >= 4 is 6.09 Å². The van der Waals surface area contributed by atoms with E-state index in [1.165, 1.54) is 6.42 Å². The second kappa shape index (κ2) is 3.77. The SMILES string of the molecule is CC(C)OC(=O)N1CC2CCNC2C1. The van der Waals surface area contributed by atoms with Crippen LogP contribution in [0.1, 0.15) is 20.3 Å². The summed E-state index contributed by atoms with van der Waals surface area (Å²) in [5.41, 5.74) is 0. The molecule has 4 nitrogen and oxygen atoms in total. The van der Waals surface area contributed by atoms with E-state index in [1.807, 2.05) is 18.7 Å². The Labute approximate surface area is 84.6 Å². The van der Waals surface area contributed by atoms with Crippen molar-refractivity contribution in [2.45, 2.75) is 32.4 Å². The van der Waals surface area contributed by atoms with E-state index in [0.717, 1.165) is 19.6 Å². The molecule has 0 saturated carbocycles. The zero-order chi connectivity index (χ0) is 10.1. The Balaban J connectivity index is 1.86. The zero-order valence-electron chi connectivity index (χ0n) is 8.82. The van der Waals surface area contributed by atoms with Gasteiger partial charge in [-0.2, -0.15) is 0 Å². The van der Waals surface area contributed by atoms with Gasteiger partial charge in [0.1, 0.15) is 0 Å². The maximum atomic E-state index is 11.6. The largest absolute Gasteiger partial charge is 0.447 e. The van der Waals surface area contributed by atoms with E-state index < -0.39 is 0 Å². The summed E-state index contributed by atoms with van der Waals surface area (Å²) >= 11 is 0. The molecule has 0 aromatic rings. The average molecular weight is 198 g/mol. The summed E-state index contributed by atoms with van der Waals surface area (Å²) in [6.07, 6.45) is 1.02. The van der Waals surface area contributed by atoms with Crippen LogP contribution in [0.3, 0.4) is 0 Å². The number of nitrogens with zero attached hydrogens (tertiary/aromatic N) is 1. The minimum atomic E-state index is -0.156. The quantitative estimate of drug-likeness (QED) is 0.678. The minimum Gasteiger partial charge on any atom is -0.447 e. The maximum Gasteiger partial charge on any atom is 0.410 e. The lowest BCUT2D eigenvalue weighted by molar-refractivity contribution is 0.0817. The molecule has 2 aliphatic rings. The van der Waals surface area contributed by atoms with Crippen LogP contribution in [0.4, 0.5) is 4.79 Å². The van der Waals surface area contributed by atoms with E-state index in [0.29, 0.717) is 12.0 Å². The van der Waals surface area contributed by atoms with Crippen LogP contribution < -0.4 is 5.32 Å². The molecule has 14 heavy (non-hydrogen) atoms. The molecule has 1 amide bonds. The van der Waals surface area contributed by atoms with Crippen LogP contribution in [0.15, 0.2) is 0 Å². The predicted molar refractivity (Wildman–Crippen MR) is 53.1 cm³/mol.